The van der Waals surface area contributed by atoms with Crippen LogP contribution in [0, 0.1) is 5.92 Å². The molecule has 1 rings (SSSR count). The topological polar surface area (TPSA) is 37.3 Å². The first-order valence-corrected chi connectivity index (χ1v) is 3.70. The monoisotopic (exact) mass is 152 g/mol. The fraction of sp³-hybridized carbons (Fsp3) is 0.444. The van der Waals surface area contributed by atoms with Gasteiger partial charge in [0.05, 0.1) is 0 Å². The van der Waals surface area contributed by atoms with E-state index in [0.717, 1.165) is 18.3 Å². The van der Waals surface area contributed by atoms with E-state index in [2.05, 4.69) is 0 Å². The summed E-state index contributed by atoms with van der Waals surface area (Å²) in [4.78, 5) is 10.4. The van der Waals surface area contributed by atoms with Crippen molar-refractivity contribution in [2.45, 2.75) is 20.3 Å². The van der Waals surface area contributed by atoms with Crippen LogP contribution in [0.4, 0.5) is 0 Å². The molecule has 1 aliphatic rings. The van der Waals surface area contributed by atoms with Crippen LogP contribution in [0.25, 0.3) is 0 Å². The number of hydrogen-bond donors (Lipinski definition) is 1. The number of carbonyl (C=O) groups excluding carboxylic acids is 1. The van der Waals surface area contributed by atoms with Crippen LogP contribution in [-0.2, 0) is 4.79 Å². The van der Waals surface area contributed by atoms with Crippen molar-refractivity contribution in [1.82, 2.24) is 0 Å². The molecule has 0 amide bonds. The highest BCUT2D eigenvalue weighted by atomic mass is 16.3. The highest BCUT2D eigenvalue weighted by molar-refractivity contribution is 5.75. The lowest BCUT2D eigenvalue weighted by Gasteiger charge is -2.17. The van der Waals surface area contributed by atoms with Crippen molar-refractivity contribution in [1.29, 1.82) is 0 Å². The molecule has 1 atom stereocenters. The largest absolute Gasteiger partial charge is 0.508 e. The third-order valence-electron chi connectivity index (χ3n) is 2.06. The fourth-order valence-electron chi connectivity index (χ4n) is 1.26. The second-order valence-electron chi connectivity index (χ2n) is 3.03. The first-order valence-electron chi connectivity index (χ1n) is 3.70. The number of aliphatic hydroxyl groups is 1. The maximum absolute atomic E-state index is 10.4. The van der Waals surface area contributed by atoms with E-state index in [1.54, 1.807) is 6.08 Å². The molecule has 1 unspecified atom stereocenters. The molecule has 2 heteroatoms. The van der Waals surface area contributed by atoms with Crippen molar-refractivity contribution in [3.8, 4) is 0 Å². The average Bonchev–Trinajstić information content (AvgIpc) is 1.97. The van der Waals surface area contributed by atoms with Gasteiger partial charge in [-0.1, -0.05) is 6.92 Å². The summed E-state index contributed by atoms with van der Waals surface area (Å²) in [5, 5.41) is 9.24. The lowest BCUT2D eigenvalue weighted by atomic mass is 9.89. The summed E-state index contributed by atoms with van der Waals surface area (Å²) in [6, 6.07) is 0. The molecule has 0 saturated carbocycles. The second-order valence-corrected chi connectivity index (χ2v) is 3.03. The van der Waals surface area contributed by atoms with Crippen LogP contribution in [0.2, 0.25) is 0 Å². The normalized spacial score (nSPS) is 24.9. The van der Waals surface area contributed by atoms with E-state index >= 15 is 0 Å². The van der Waals surface area contributed by atoms with Crippen LogP contribution in [0.1, 0.15) is 20.3 Å². The molecule has 0 heterocycles. The van der Waals surface area contributed by atoms with Gasteiger partial charge in [-0.3, -0.25) is 4.79 Å². The van der Waals surface area contributed by atoms with Gasteiger partial charge in [0.25, 0.3) is 0 Å². The Hall–Kier alpha value is -1.05. The molecule has 0 saturated heterocycles. The molecular formula is C9H12O2. The summed E-state index contributed by atoms with van der Waals surface area (Å²) in [6.07, 6.45) is 3.15. The van der Waals surface area contributed by atoms with Gasteiger partial charge >= 0.3 is 0 Å². The third-order valence-corrected chi connectivity index (χ3v) is 2.06. The van der Waals surface area contributed by atoms with Crippen LogP contribution < -0.4 is 0 Å². The number of allylic oxidation sites excluding steroid dienone is 3. The van der Waals surface area contributed by atoms with Crippen LogP contribution in [0.5, 0.6) is 0 Å². The Kier molecular flexibility index (Phi) is 2.13. The molecule has 0 bridgehead atoms. The Bertz CT molecular complexity index is 236. The van der Waals surface area contributed by atoms with E-state index in [1.807, 2.05) is 13.8 Å². The zero-order valence-electron chi connectivity index (χ0n) is 6.79. The Morgan fingerprint density at radius 3 is 2.91 bits per heavy atom. The molecule has 0 aromatic carbocycles. The Labute approximate surface area is 66.2 Å². The third kappa shape index (κ3) is 1.50. The predicted octanol–water partition coefficient (Wildman–Crippen LogP) is 1.98. The molecule has 0 fully saturated rings. The van der Waals surface area contributed by atoms with Gasteiger partial charge in [-0.05, 0) is 36.5 Å². The fourth-order valence-corrected chi connectivity index (χ4v) is 1.26. The molecule has 0 aliphatic heterocycles. The van der Waals surface area contributed by atoms with Gasteiger partial charge in [0, 0.05) is 0 Å². The quantitative estimate of drug-likeness (QED) is 0.583. The number of aliphatic hydroxyl groups excluding tert-OH is 1. The number of aldehydes is 1. The second kappa shape index (κ2) is 2.91. The van der Waals surface area contributed by atoms with Crippen LogP contribution in [0.3, 0.4) is 0 Å². The molecular weight excluding hydrogens is 140 g/mol. The highest BCUT2D eigenvalue weighted by Gasteiger charge is 2.15. The van der Waals surface area contributed by atoms with Crippen LogP contribution in [-0.4, -0.2) is 11.4 Å². The molecule has 0 spiro atoms. The number of hydrogen-bond acceptors (Lipinski definition) is 2. The molecule has 1 N–H and O–H groups in total. The molecule has 0 aromatic rings. The van der Waals surface area contributed by atoms with Crippen molar-refractivity contribution in [3.05, 3.63) is 23.0 Å². The minimum absolute atomic E-state index is 0.253. The van der Waals surface area contributed by atoms with E-state index in [9.17, 15) is 9.90 Å². The van der Waals surface area contributed by atoms with E-state index in [0.29, 0.717) is 5.57 Å². The summed E-state index contributed by atoms with van der Waals surface area (Å²) in [5.41, 5.74) is 1.65. The minimum atomic E-state index is 0.253. The lowest BCUT2D eigenvalue weighted by Crippen LogP contribution is -2.08. The maximum atomic E-state index is 10.4. The molecule has 2 nitrogen and oxygen atoms in total. The molecule has 0 radical (unpaired) electrons. The predicted molar refractivity (Wildman–Crippen MR) is 43.3 cm³/mol. The highest BCUT2D eigenvalue weighted by Crippen LogP contribution is 2.25. The molecule has 11 heavy (non-hydrogen) atoms. The van der Waals surface area contributed by atoms with Crippen molar-refractivity contribution >= 4 is 6.29 Å². The first kappa shape index (κ1) is 8.05. The van der Waals surface area contributed by atoms with Gasteiger partial charge in [0.2, 0.25) is 0 Å². The molecule has 0 aromatic heterocycles. The standard InChI is InChI=1S/C9H12O2/c1-6-3-7(2)9(11)4-8(6)5-10/h4-6,11H,3H2,1-2H3. The summed E-state index contributed by atoms with van der Waals surface area (Å²) in [7, 11) is 0. The Balaban J connectivity index is 2.95. The summed E-state index contributed by atoms with van der Waals surface area (Å²) >= 11 is 0. The van der Waals surface area contributed by atoms with Crippen molar-refractivity contribution < 1.29 is 9.90 Å². The Morgan fingerprint density at radius 1 is 1.73 bits per heavy atom. The van der Waals surface area contributed by atoms with Crippen molar-refractivity contribution in [3.63, 3.8) is 0 Å². The van der Waals surface area contributed by atoms with Gasteiger partial charge < -0.3 is 5.11 Å². The molecule has 60 valence electrons. The SMILES string of the molecule is CC1=C(O)C=C(C=O)C(C)C1. The zero-order chi connectivity index (χ0) is 8.43. The average molecular weight is 152 g/mol. The van der Waals surface area contributed by atoms with Crippen molar-refractivity contribution in [2.75, 3.05) is 0 Å². The zero-order valence-corrected chi connectivity index (χ0v) is 6.79. The van der Waals surface area contributed by atoms with Crippen molar-refractivity contribution in [2.24, 2.45) is 5.92 Å². The maximum Gasteiger partial charge on any atom is 0.146 e. The first-order chi connectivity index (χ1) is 5.15. The number of carbonyl (C=O) groups is 1. The summed E-state index contributed by atoms with van der Waals surface area (Å²) in [5.74, 6) is 0.508. The van der Waals surface area contributed by atoms with E-state index < -0.39 is 0 Å². The smallest absolute Gasteiger partial charge is 0.146 e. The van der Waals surface area contributed by atoms with Gasteiger partial charge in [-0.25, -0.2) is 0 Å². The number of rotatable bonds is 1. The lowest BCUT2D eigenvalue weighted by molar-refractivity contribution is -0.105. The van der Waals surface area contributed by atoms with E-state index in [4.69, 9.17) is 0 Å². The van der Waals surface area contributed by atoms with Gasteiger partial charge in [-0.2, -0.15) is 0 Å². The minimum Gasteiger partial charge on any atom is -0.508 e. The summed E-state index contributed by atoms with van der Waals surface area (Å²) < 4.78 is 0. The van der Waals surface area contributed by atoms with E-state index in [-0.39, 0.29) is 11.7 Å². The van der Waals surface area contributed by atoms with E-state index in [1.165, 1.54) is 0 Å². The van der Waals surface area contributed by atoms with Gasteiger partial charge in [0.15, 0.2) is 0 Å². The van der Waals surface area contributed by atoms with Crippen LogP contribution >= 0.6 is 0 Å². The van der Waals surface area contributed by atoms with Crippen LogP contribution in [0.15, 0.2) is 23.0 Å². The van der Waals surface area contributed by atoms with Gasteiger partial charge in [0.1, 0.15) is 12.0 Å². The summed E-state index contributed by atoms with van der Waals surface area (Å²) in [6.45, 7) is 3.86. The Morgan fingerprint density at radius 2 is 2.36 bits per heavy atom. The molecule has 1 aliphatic carbocycles. The van der Waals surface area contributed by atoms with Gasteiger partial charge in [-0.15, -0.1) is 0 Å².